The fraction of sp³-hybridized carbons (Fsp3) is 0.0714. The van der Waals surface area contributed by atoms with Crippen LogP contribution >= 0.6 is 46.4 Å². The molecule has 0 unspecified atom stereocenters. The summed E-state index contributed by atoms with van der Waals surface area (Å²) in [4.78, 5) is 12.2. The van der Waals surface area contributed by atoms with E-state index in [1.165, 1.54) is 36.4 Å². The number of halogens is 4. The fourth-order valence-electron chi connectivity index (χ4n) is 1.74. The second-order valence-electron chi connectivity index (χ2n) is 4.13. The van der Waals surface area contributed by atoms with Crippen molar-refractivity contribution in [2.75, 3.05) is 0 Å². The van der Waals surface area contributed by atoms with E-state index in [9.17, 15) is 9.90 Å². The molecule has 104 valence electrons. The van der Waals surface area contributed by atoms with Crippen LogP contribution in [0.4, 0.5) is 0 Å². The molecule has 0 aromatic heterocycles. The molecule has 2 nitrogen and oxygen atoms in total. The quantitative estimate of drug-likeness (QED) is 0.771. The molecule has 0 saturated carbocycles. The van der Waals surface area contributed by atoms with Crippen LogP contribution in [0.1, 0.15) is 22.0 Å². The van der Waals surface area contributed by atoms with Gasteiger partial charge in [0, 0.05) is 25.7 Å². The van der Waals surface area contributed by atoms with Gasteiger partial charge in [-0.25, -0.2) is 0 Å². The second-order valence-corrected chi connectivity index (χ2v) is 5.87. The summed E-state index contributed by atoms with van der Waals surface area (Å²) in [5, 5.41) is 11.4. The highest BCUT2D eigenvalue weighted by Gasteiger charge is 2.21. The molecule has 0 radical (unpaired) electrons. The molecule has 0 amide bonds. The first-order valence-corrected chi connectivity index (χ1v) is 7.02. The highest BCUT2D eigenvalue weighted by Crippen LogP contribution is 2.27. The summed E-state index contributed by atoms with van der Waals surface area (Å²) in [5.41, 5.74) is 0.523. The van der Waals surface area contributed by atoms with Crippen LogP contribution in [0.2, 0.25) is 20.1 Å². The Morgan fingerprint density at radius 3 is 1.65 bits per heavy atom. The number of Topliss-reactive ketones (excluding diaryl/α,β-unsaturated/α-hetero) is 1. The topological polar surface area (TPSA) is 37.3 Å². The maximum absolute atomic E-state index is 12.2. The lowest BCUT2D eigenvalue weighted by molar-refractivity contribution is 0.0747. The van der Waals surface area contributed by atoms with E-state index < -0.39 is 11.9 Å². The van der Waals surface area contributed by atoms with Crippen molar-refractivity contribution in [3.63, 3.8) is 0 Å². The summed E-state index contributed by atoms with van der Waals surface area (Å²) in [6.07, 6.45) is -1.39. The number of hydrogen-bond acceptors (Lipinski definition) is 2. The Bertz CT molecular complexity index is 630. The van der Waals surface area contributed by atoms with Gasteiger partial charge in [-0.15, -0.1) is 0 Å². The maximum atomic E-state index is 12.2. The van der Waals surface area contributed by atoms with Gasteiger partial charge < -0.3 is 5.11 Å². The average Bonchev–Trinajstić information content (AvgIpc) is 2.34. The van der Waals surface area contributed by atoms with Crippen LogP contribution in [0.3, 0.4) is 0 Å². The maximum Gasteiger partial charge on any atom is 0.195 e. The van der Waals surface area contributed by atoms with Crippen LogP contribution < -0.4 is 0 Å². The molecule has 1 atom stereocenters. The van der Waals surface area contributed by atoms with E-state index in [-0.39, 0.29) is 5.56 Å². The summed E-state index contributed by atoms with van der Waals surface area (Å²) < 4.78 is 0. The molecule has 1 N–H and O–H groups in total. The van der Waals surface area contributed by atoms with Crippen molar-refractivity contribution >= 4 is 52.2 Å². The van der Waals surface area contributed by atoms with E-state index in [0.717, 1.165) is 0 Å². The zero-order chi connectivity index (χ0) is 14.9. The molecular formula is C14H8Cl4O2. The van der Waals surface area contributed by atoms with Gasteiger partial charge in [0.1, 0.15) is 6.10 Å². The highest BCUT2D eigenvalue weighted by molar-refractivity contribution is 6.35. The van der Waals surface area contributed by atoms with E-state index >= 15 is 0 Å². The minimum atomic E-state index is -1.39. The molecule has 0 bridgehead atoms. The third kappa shape index (κ3) is 3.66. The van der Waals surface area contributed by atoms with E-state index in [0.29, 0.717) is 25.7 Å². The number of ketones is 1. The van der Waals surface area contributed by atoms with Crippen molar-refractivity contribution in [3.05, 3.63) is 67.6 Å². The molecule has 2 aromatic carbocycles. The highest BCUT2D eigenvalue weighted by atomic mass is 35.5. The Hall–Kier alpha value is -0.770. The van der Waals surface area contributed by atoms with Gasteiger partial charge >= 0.3 is 0 Å². The van der Waals surface area contributed by atoms with Gasteiger partial charge in [0.2, 0.25) is 0 Å². The normalized spacial score (nSPS) is 12.2. The van der Waals surface area contributed by atoms with Crippen molar-refractivity contribution in [2.24, 2.45) is 0 Å². The van der Waals surface area contributed by atoms with Crippen molar-refractivity contribution in [2.45, 2.75) is 6.10 Å². The summed E-state index contributed by atoms with van der Waals surface area (Å²) >= 11 is 23.4. The first kappa shape index (κ1) is 15.6. The van der Waals surface area contributed by atoms with Gasteiger partial charge in [0.25, 0.3) is 0 Å². The third-order valence-corrected chi connectivity index (χ3v) is 3.47. The Balaban J connectivity index is 2.36. The summed E-state index contributed by atoms with van der Waals surface area (Å²) in [7, 11) is 0. The number of carbonyl (C=O) groups is 1. The van der Waals surface area contributed by atoms with Crippen LogP contribution in [-0.4, -0.2) is 10.9 Å². The lowest BCUT2D eigenvalue weighted by Crippen LogP contribution is -2.12. The predicted octanol–water partition coefficient (Wildman–Crippen LogP) is 5.22. The summed E-state index contributed by atoms with van der Waals surface area (Å²) in [5.74, 6) is -0.535. The standard InChI is InChI=1S/C14H8Cl4O2/c15-9-1-7(2-10(16)5-9)13(19)14(20)8-3-11(17)6-12(18)4-8/h1-6,13,19H/t13-/m1/s1. The lowest BCUT2D eigenvalue weighted by atomic mass is 10.00. The van der Waals surface area contributed by atoms with Crippen molar-refractivity contribution in [3.8, 4) is 0 Å². The lowest BCUT2D eigenvalue weighted by Gasteiger charge is -2.11. The monoisotopic (exact) mass is 348 g/mol. The molecule has 0 heterocycles. The Kier molecular flexibility index (Phi) is 4.95. The smallest absolute Gasteiger partial charge is 0.195 e. The minimum Gasteiger partial charge on any atom is -0.380 e. The number of hydrogen-bond donors (Lipinski definition) is 1. The third-order valence-electron chi connectivity index (χ3n) is 2.60. The second kappa shape index (κ2) is 6.33. The van der Waals surface area contributed by atoms with Crippen molar-refractivity contribution < 1.29 is 9.90 Å². The van der Waals surface area contributed by atoms with Crippen LogP contribution in [-0.2, 0) is 0 Å². The predicted molar refractivity (Wildman–Crippen MR) is 82.2 cm³/mol. The molecule has 6 heteroatoms. The number of rotatable bonds is 3. The van der Waals surface area contributed by atoms with Crippen LogP contribution in [0.15, 0.2) is 36.4 Å². The summed E-state index contributed by atoms with van der Waals surface area (Å²) in [6.45, 7) is 0. The molecule has 0 aliphatic carbocycles. The first-order chi connectivity index (χ1) is 9.36. The van der Waals surface area contributed by atoms with E-state index in [1.54, 1.807) is 0 Å². The summed E-state index contributed by atoms with van der Waals surface area (Å²) in [6, 6.07) is 8.84. The van der Waals surface area contributed by atoms with Gasteiger partial charge in [-0.1, -0.05) is 46.4 Å². The number of aliphatic hydroxyl groups is 1. The van der Waals surface area contributed by atoms with Gasteiger partial charge in [-0.2, -0.15) is 0 Å². The Labute approximate surface area is 135 Å². The number of carbonyl (C=O) groups excluding carboxylic acids is 1. The molecule has 0 saturated heterocycles. The average molecular weight is 350 g/mol. The van der Waals surface area contributed by atoms with Gasteiger partial charge in [-0.05, 0) is 42.0 Å². The fourth-order valence-corrected chi connectivity index (χ4v) is 2.81. The largest absolute Gasteiger partial charge is 0.380 e. The molecule has 2 rings (SSSR count). The molecule has 2 aromatic rings. The first-order valence-electron chi connectivity index (χ1n) is 5.51. The van der Waals surface area contributed by atoms with Gasteiger partial charge in [-0.3, -0.25) is 4.79 Å². The van der Waals surface area contributed by atoms with Crippen LogP contribution in [0.5, 0.6) is 0 Å². The Morgan fingerprint density at radius 1 is 0.800 bits per heavy atom. The van der Waals surface area contributed by atoms with Crippen LogP contribution in [0, 0.1) is 0 Å². The van der Waals surface area contributed by atoms with Gasteiger partial charge in [0.05, 0.1) is 0 Å². The minimum absolute atomic E-state index is 0.214. The molecule has 20 heavy (non-hydrogen) atoms. The molecular weight excluding hydrogens is 342 g/mol. The van der Waals surface area contributed by atoms with E-state index in [1.807, 2.05) is 0 Å². The number of benzene rings is 2. The van der Waals surface area contributed by atoms with Gasteiger partial charge in [0.15, 0.2) is 5.78 Å². The Morgan fingerprint density at radius 2 is 1.20 bits per heavy atom. The van der Waals surface area contributed by atoms with E-state index in [2.05, 4.69) is 0 Å². The van der Waals surface area contributed by atoms with Crippen molar-refractivity contribution in [1.82, 2.24) is 0 Å². The zero-order valence-electron chi connectivity index (χ0n) is 9.91. The number of aliphatic hydroxyl groups excluding tert-OH is 1. The van der Waals surface area contributed by atoms with Crippen molar-refractivity contribution in [1.29, 1.82) is 0 Å². The molecule has 0 aliphatic rings. The zero-order valence-corrected chi connectivity index (χ0v) is 12.9. The molecule has 0 spiro atoms. The van der Waals surface area contributed by atoms with E-state index in [4.69, 9.17) is 46.4 Å². The molecule has 0 fully saturated rings. The SMILES string of the molecule is O=C(c1cc(Cl)cc(Cl)c1)[C@H](O)c1cc(Cl)cc(Cl)c1. The van der Waals surface area contributed by atoms with Crippen LogP contribution in [0.25, 0.3) is 0 Å². The molecule has 0 aliphatic heterocycles.